The Labute approximate surface area is 116 Å². The molecule has 1 aliphatic rings. The van der Waals surface area contributed by atoms with Crippen molar-refractivity contribution >= 4 is 23.5 Å². The van der Waals surface area contributed by atoms with Crippen LogP contribution in [0.1, 0.15) is 31.4 Å². The summed E-state index contributed by atoms with van der Waals surface area (Å²) < 4.78 is 0. The van der Waals surface area contributed by atoms with E-state index in [4.69, 9.17) is 11.6 Å². The lowest BCUT2D eigenvalue weighted by Crippen LogP contribution is -2.55. The smallest absolute Gasteiger partial charge is 0.319 e. The van der Waals surface area contributed by atoms with Gasteiger partial charge in [0.25, 0.3) is 0 Å². The van der Waals surface area contributed by atoms with Crippen molar-refractivity contribution in [2.45, 2.75) is 31.2 Å². The number of rotatable bonds is 4. The second kappa shape index (κ2) is 5.21. The van der Waals surface area contributed by atoms with Gasteiger partial charge in [0.15, 0.2) is 0 Å². The maximum Gasteiger partial charge on any atom is 0.319 e. The number of hydrogen-bond acceptors (Lipinski definition) is 2. The second-order valence-electron chi connectivity index (χ2n) is 5.00. The number of carboxylic acid groups (broad SMARTS) is 1. The third-order valence-corrected chi connectivity index (χ3v) is 3.94. The van der Waals surface area contributed by atoms with E-state index in [0.29, 0.717) is 0 Å². The number of carbonyl (C=O) groups is 2. The Kier molecular flexibility index (Phi) is 3.80. The summed E-state index contributed by atoms with van der Waals surface area (Å²) in [6.07, 6.45) is 0.383. The Morgan fingerprint density at radius 1 is 1.37 bits per heavy atom. The number of amides is 1. The van der Waals surface area contributed by atoms with Crippen LogP contribution in [-0.2, 0) is 9.59 Å². The summed E-state index contributed by atoms with van der Waals surface area (Å²) in [4.78, 5) is 23.5. The molecule has 0 heterocycles. The van der Waals surface area contributed by atoms with Crippen molar-refractivity contribution < 1.29 is 14.7 Å². The molecule has 1 aromatic carbocycles. The number of alkyl halides is 1. The predicted molar refractivity (Wildman–Crippen MR) is 71.9 cm³/mol. The van der Waals surface area contributed by atoms with Crippen LogP contribution in [0, 0.1) is 5.41 Å². The molecule has 0 spiro atoms. The Morgan fingerprint density at radius 2 is 1.95 bits per heavy atom. The lowest BCUT2D eigenvalue weighted by Gasteiger charge is -2.40. The fourth-order valence-electron chi connectivity index (χ4n) is 2.31. The molecule has 2 rings (SSSR count). The van der Waals surface area contributed by atoms with Crippen LogP contribution in [0.25, 0.3) is 0 Å². The molecule has 5 heteroatoms. The van der Waals surface area contributed by atoms with Gasteiger partial charge >= 0.3 is 5.97 Å². The lowest BCUT2D eigenvalue weighted by atomic mass is 9.67. The number of aliphatic carboxylic acids is 1. The minimum absolute atomic E-state index is 0.192. The van der Waals surface area contributed by atoms with Gasteiger partial charge in [-0.15, -0.1) is 11.6 Å². The molecule has 2 N–H and O–H groups in total. The molecular formula is C14H16ClNO3. The molecule has 1 aliphatic carbocycles. The van der Waals surface area contributed by atoms with Gasteiger partial charge in [0.1, 0.15) is 5.41 Å². The zero-order valence-corrected chi connectivity index (χ0v) is 11.4. The molecule has 1 aromatic rings. The maximum absolute atomic E-state index is 12.2. The summed E-state index contributed by atoms with van der Waals surface area (Å²) in [7, 11) is 0. The quantitative estimate of drug-likeness (QED) is 0.657. The van der Waals surface area contributed by atoms with E-state index in [1.54, 1.807) is 0 Å². The van der Waals surface area contributed by atoms with Crippen molar-refractivity contribution in [2.24, 2.45) is 5.41 Å². The molecule has 1 atom stereocenters. The number of nitrogens with one attached hydrogen (secondary N) is 1. The highest BCUT2D eigenvalue weighted by Gasteiger charge is 2.56. The second-order valence-corrected chi connectivity index (χ2v) is 5.62. The van der Waals surface area contributed by atoms with E-state index in [1.165, 1.54) is 0 Å². The Bertz CT molecular complexity index is 483. The zero-order valence-electron chi connectivity index (χ0n) is 10.6. The largest absolute Gasteiger partial charge is 0.480 e. The third kappa shape index (κ3) is 2.59. The highest BCUT2D eigenvalue weighted by Crippen LogP contribution is 2.45. The minimum atomic E-state index is -1.35. The molecule has 1 fully saturated rings. The van der Waals surface area contributed by atoms with Crippen LogP contribution >= 0.6 is 11.6 Å². The molecule has 1 saturated carbocycles. The van der Waals surface area contributed by atoms with Crippen LogP contribution in [0.5, 0.6) is 0 Å². The van der Waals surface area contributed by atoms with E-state index in [2.05, 4.69) is 5.32 Å². The first-order valence-electron chi connectivity index (χ1n) is 6.19. The molecule has 0 bridgehead atoms. The van der Waals surface area contributed by atoms with Gasteiger partial charge in [-0.25, -0.2) is 0 Å². The number of halogens is 1. The van der Waals surface area contributed by atoms with E-state index in [1.807, 2.05) is 37.3 Å². The summed E-state index contributed by atoms with van der Waals surface area (Å²) in [5.41, 5.74) is -0.409. The number of benzene rings is 1. The van der Waals surface area contributed by atoms with Crippen molar-refractivity contribution in [1.29, 1.82) is 0 Å². The molecule has 0 saturated heterocycles. The molecule has 0 radical (unpaired) electrons. The van der Waals surface area contributed by atoms with Gasteiger partial charge in [0, 0.05) is 5.38 Å². The van der Waals surface area contributed by atoms with Crippen LogP contribution in [0.3, 0.4) is 0 Å². The normalized spacial score (nSPS) is 27.2. The molecule has 4 nitrogen and oxygen atoms in total. The predicted octanol–water partition coefficient (Wildman–Crippen LogP) is 2.34. The molecule has 19 heavy (non-hydrogen) atoms. The van der Waals surface area contributed by atoms with Crippen molar-refractivity contribution in [2.75, 3.05) is 0 Å². The standard InChI is InChI=1S/C14H16ClNO3/c1-9(10-5-3-2-4-6-10)16-12(17)14(13(18)19)7-11(15)8-14/h2-6,9,11H,7-8H2,1H3,(H,16,17)(H,18,19). The zero-order chi connectivity index (χ0) is 14.0. The number of hydrogen-bond donors (Lipinski definition) is 2. The first kappa shape index (κ1) is 13.9. The molecule has 0 aliphatic heterocycles. The highest BCUT2D eigenvalue weighted by atomic mass is 35.5. The van der Waals surface area contributed by atoms with E-state index in [0.717, 1.165) is 5.56 Å². The van der Waals surface area contributed by atoms with E-state index >= 15 is 0 Å². The van der Waals surface area contributed by atoms with Gasteiger partial charge in [-0.3, -0.25) is 9.59 Å². The SMILES string of the molecule is CC(NC(=O)C1(C(=O)O)CC(Cl)C1)c1ccccc1. The lowest BCUT2D eigenvalue weighted by molar-refractivity contribution is -0.162. The van der Waals surface area contributed by atoms with Crippen LogP contribution in [-0.4, -0.2) is 22.4 Å². The van der Waals surface area contributed by atoms with Crippen LogP contribution < -0.4 is 5.32 Å². The van der Waals surface area contributed by atoms with Crippen molar-refractivity contribution in [3.05, 3.63) is 35.9 Å². The highest BCUT2D eigenvalue weighted by molar-refractivity contribution is 6.23. The van der Waals surface area contributed by atoms with Gasteiger partial charge in [-0.2, -0.15) is 0 Å². The average Bonchev–Trinajstić information content (AvgIpc) is 2.35. The summed E-state index contributed by atoms with van der Waals surface area (Å²) >= 11 is 5.83. The Hall–Kier alpha value is -1.55. The van der Waals surface area contributed by atoms with Crippen LogP contribution in [0.15, 0.2) is 30.3 Å². The fourth-order valence-corrected chi connectivity index (χ4v) is 2.84. The average molecular weight is 282 g/mol. The van der Waals surface area contributed by atoms with Crippen LogP contribution in [0.4, 0.5) is 0 Å². The molecule has 1 amide bonds. The monoisotopic (exact) mass is 281 g/mol. The summed E-state index contributed by atoms with van der Waals surface area (Å²) in [6.45, 7) is 1.83. The van der Waals surface area contributed by atoms with Gasteiger partial charge in [0.05, 0.1) is 6.04 Å². The van der Waals surface area contributed by atoms with Crippen molar-refractivity contribution in [1.82, 2.24) is 5.32 Å². The van der Waals surface area contributed by atoms with Crippen LogP contribution in [0.2, 0.25) is 0 Å². The van der Waals surface area contributed by atoms with E-state index in [9.17, 15) is 14.7 Å². The first-order chi connectivity index (χ1) is 8.95. The molecule has 0 aromatic heterocycles. The maximum atomic E-state index is 12.2. The Balaban J connectivity index is 2.07. The number of carboxylic acids is 1. The number of carbonyl (C=O) groups excluding carboxylic acids is 1. The third-order valence-electron chi connectivity index (χ3n) is 3.63. The van der Waals surface area contributed by atoms with Gasteiger partial charge in [0.2, 0.25) is 5.91 Å². The first-order valence-corrected chi connectivity index (χ1v) is 6.63. The summed E-state index contributed by atoms with van der Waals surface area (Å²) in [5.74, 6) is -1.55. The molecule has 1 unspecified atom stereocenters. The van der Waals surface area contributed by atoms with Gasteiger partial charge < -0.3 is 10.4 Å². The minimum Gasteiger partial charge on any atom is -0.480 e. The van der Waals surface area contributed by atoms with Crippen molar-refractivity contribution in [3.63, 3.8) is 0 Å². The molecule has 102 valence electrons. The summed E-state index contributed by atoms with van der Waals surface area (Å²) in [5, 5.41) is 11.8. The van der Waals surface area contributed by atoms with Gasteiger partial charge in [-0.1, -0.05) is 30.3 Å². The topological polar surface area (TPSA) is 66.4 Å². The Morgan fingerprint density at radius 3 is 2.42 bits per heavy atom. The molecular weight excluding hydrogens is 266 g/mol. The van der Waals surface area contributed by atoms with E-state index < -0.39 is 17.3 Å². The van der Waals surface area contributed by atoms with Gasteiger partial charge in [-0.05, 0) is 25.3 Å². The van der Waals surface area contributed by atoms with E-state index in [-0.39, 0.29) is 24.3 Å². The fraction of sp³-hybridized carbons (Fsp3) is 0.429. The summed E-state index contributed by atoms with van der Waals surface area (Å²) in [6, 6.07) is 9.21. The van der Waals surface area contributed by atoms with Crippen molar-refractivity contribution in [3.8, 4) is 0 Å².